The Morgan fingerprint density at radius 3 is 1.66 bits per heavy atom. The van der Waals surface area contributed by atoms with Gasteiger partial charge in [-0.2, -0.15) is 36.5 Å². The average Bonchev–Trinajstić information content (AvgIpc) is 3.97. The summed E-state index contributed by atoms with van der Waals surface area (Å²) in [5, 5.41) is 20.8. The summed E-state index contributed by atoms with van der Waals surface area (Å²) in [6.45, 7) is -2.92. The number of allylic oxidation sites excluding steroid dienone is 4. The standard InChI is InChI=1S/C21H19F3N4O.C20H20N4O.CHF3/c22-21(23,24)16-6-4-13(5-7-16)18-3-1-2-14-10-15(11-25-19(14)18)20(29)26-12-17-8-9-27-28-17;25-20(22-13-17-9-10-23-24-17)16-11-15-7-4-8-18(19(15)21-12-16)14-5-2-1-3-6-14;2-1(3)4/h1-4,8-11,16H,5-7,12H2,(H,26,29)(H,27,28);4-5,7-12H,1-3,6,13H2,(H,22,25)(H,23,24);1H. The van der Waals surface area contributed by atoms with Gasteiger partial charge in [0.2, 0.25) is 0 Å². The van der Waals surface area contributed by atoms with E-state index in [-0.39, 0.29) is 24.7 Å². The molecule has 4 aromatic heterocycles. The molecule has 6 aromatic rings. The minimum Gasteiger partial charge on any atom is -0.346 e. The normalized spacial score (nSPS) is 15.4. The van der Waals surface area contributed by atoms with Crippen molar-refractivity contribution in [1.82, 2.24) is 41.0 Å². The lowest BCUT2D eigenvalue weighted by atomic mass is 9.85. The zero-order chi connectivity index (χ0) is 41.1. The Labute approximate surface area is 329 Å². The van der Waals surface area contributed by atoms with Gasteiger partial charge in [0.05, 0.1) is 52.6 Å². The van der Waals surface area contributed by atoms with Crippen LogP contribution in [-0.4, -0.2) is 55.0 Å². The molecule has 0 aliphatic heterocycles. The third-order valence-corrected chi connectivity index (χ3v) is 9.80. The highest BCUT2D eigenvalue weighted by molar-refractivity contribution is 6.00. The molecule has 0 bridgehead atoms. The van der Waals surface area contributed by atoms with Crippen molar-refractivity contribution in [3.63, 3.8) is 0 Å². The summed E-state index contributed by atoms with van der Waals surface area (Å²) < 4.78 is 67.7. The van der Waals surface area contributed by atoms with Crippen LogP contribution in [-0.2, 0) is 13.1 Å². The fourth-order valence-electron chi connectivity index (χ4n) is 6.87. The van der Waals surface area contributed by atoms with Crippen LogP contribution in [0.2, 0.25) is 0 Å². The molecule has 1 unspecified atom stereocenters. The number of nitrogens with one attached hydrogen (secondary N) is 4. The van der Waals surface area contributed by atoms with E-state index in [1.165, 1.54) is 30.2 Å². The molecule has 0 saturated heterocycles. The predicted octanol–water partition coefficient (Wildman–Crippen LogP) is 9.66. The molecule has 0 radical (unpaired) electrons. The van der Waals surface area contributed by atoms with Gasteiger partial charge < -0.3 is 10.6 Å². The maximum Gasteiger partial charge on any atom is 0.392 e. The summed E-state index contributed by atoms with van der Waals surface area (Å²) in [5.41, 5.74) is 8.58. The average molecular weight is 803 g/mol. The van der Waals surface area contributed by atoms with Crippen LogP contribution in [0.4, 0.5) is 26.3 Å². The third-order valence-electron chi connectivity index (χ3n) is 9.80. The van der Waals surface area contributed by atoms with Gasteiger partial charge in [0.15, 0.2) is 0 Å². The van der Waals surface area contributed by atoms with Crippen LogP contribution in [0.5, 0.6) is 0 Å². The number of amides is 2. The predicted molar refractivity (Wildman–Crippen MR) is 208 cm³/mol. The van der Waals surface area contributed by atoms with Gasteiger partial charge in [-0.15, -0.1) is 0 Å². The molecule has 2 amide bonds. The van der Waals surface area contributed by atoms with Gasteiger partial charge in [0, 0.05) is 46.7 Å². The molecule has 4 N–H and O–H groups in total. The highest BCUT2D eigenvalue weighted by Crippen LogP contribution is 2.40. The van der Waals surface area contributed by atoms with E-state index in [1.807, 2.05) is 42.5 Å². The van der Waals surface area contributed by atoms with Crippen molar-refractivity contribution in [2.45, 2.75) is 70.9 Å². The van der Waals surface area contributed by atoms with Crippen molar-refractivity contribution in [2.24, 2.45) is 5.92 Å². The first-order chi connectivity index (χ1) is 28.0. The fourth-order valence-corrected chi connectivity index (χ4v) is 6.87. The van der Waals surface area contributed by atoms with Crippen molar-refractivity contribution in [3.8, 4) is 0 Å². The molecule has 16 heteroatoms. The third kappa shape index (κ3) is 11.0. The maximum atomic E-state index is 12.9. The van der Waals surface area contributed by atoms with Gasteiger partial charge >= 0.3 is 12.9 Å². The van der Waals surface area contributed by atoms with E-state index in [0.717, 1.165) is 51.7 Å². The summed E-state index contributed by atoms with van der Waals surface area (Å²) in [6, 6.07) is 19.0. The van der Waals surface area contributed by atoms with Crippen molar-refractivity contribution in [2.75, 3.05) is 0 Å². The minimum atomic E-state index is -4.16. The number of carbonyl (C=O) groups is 2. The summed E-state index contributed by atoms with van der Waals surface area (Å²) >= 11 is 0. The van der Waals surface area contributed by atoms with E-state index in [4.69, 9.17) is 0 Å². The first-order valence-electron chi connectivity index (χ1n) is 18.6. The number of para-hydroxylation sites is 2. The molecule has 2 aliphatic carbocycles. The Balaban J connectivity index is 0.000000181. The molecule has 2 aromatic carbocycles. The Morgan fingerprint density at radius 1 is 0.724 bits per heavy atom. The molecule has 58 heavy (non-hydrogen) atoms. The highest BCUT2D eigenvalue weighted by Gasteiger charge is 2.39. The zero-order valence-corrected chi connectivity index (χ0v) is 31.1. The molecule has 0 saturated carbocycles. The van der Waals surface area contributed by atoms with E-state index in [9.17, 15) is 35.9 Å². The van der Waals surface area contributed by atoms with Gasteiger partial charge in [-0.05, 0) is 80.4 Å². The van der Waals surface area contributed by atoms with Crippen molar-refractivity contribution < 1.29 is 35.9 Å². The Morgan fingerprint density at radius 2 is 1.24 bits per heavy atom. The summed E-state index contributed by atoms with van der Waals surface area (Å²) in [7, 11) is 0. The number of hydrogen-bond donors (Lipinski definition) is 4. The number of rotatable bonds is 8. The molecule has 10 nitrogen and oxygen atoms in total. The van der Waals surface area contributed by atoms with E-state index in [2.05, 4.69) is 53.1 Å². The molecular weight excluding hydrogens is 763 g/mol. The van der Waals surface area contributed by atoms with E-state index in [0.29, 0.717) is 36.2 Å². The summed E-state index contributed by atoms with van der Waals surface area (Å²) in [5.74, 6) is -1.67. The number of aromatic amines is 2. The molecule has 0 fully saturated rings. The molecule has 4 heterocycles. The van der Waals surface area contributed by atoms with Gasteiger partial charge in [-0.3, -0.25) is 29.8 Å². The van der Waals surface area contributed by atoms with Crippen LogP contribution in [0, 0.1) is 5.92 Å². The smallest absolute Gasteiger partial charge is 0.346 e. The topological polar surface area (TPSA) is 141 Å². The number of H-pyrrole nitrogens is 2. The van der Waals surface area contributed by atoms with Crippen molar-refractivity contribution in [1.29, 1.82) is 0 Å². The minimum absolute atomic E-state index is 0.0106. The number of carbonyl (C=O) groups excluding carboxylic acids is 2. The fraction of sp³-hybridized carbons (Fsp3) is 0.286. The second-order valence-electron chi connectivity index (χ2n) is 13.7. The Hall–Kier alpha value is -6.32. The maximum absolute atomic E-state index is 12.9. The highest BCUT2D eigenvalue weighted by atomic mass is 19.4. The van der Waals surface area contributed by atoms with E-state index >= 15 is 0 Å². The number of alkyl halides is 6. The number of pyridine rings is 2. The zero-order valence-electron chi connectivity index (χ0n) is 31.1. The van der Waals surface area contributed by atoms with Gasteiger partial charge in [0.25, 0.3) is 11.8 Å². The summed E-state index contributed by atoms with van der Waals surface area (Å²) in [4.78, 5) is 33.8. The number of nitrogens with zero attached hydrogens (tertiary/aromatic N) is 4. The van der Waals surface area contributed by atoms with Crippen LogP contribution >= 0.6 is 0 Å². The SMILES string of the molecule is FC(F)F.O=C(NCc1ccn[nH]1)c1cnc2c(C3=CCC(C(F)(F)F)CC3)cccc2c1.O=C(NCc1ccn[nH]1)c1cnc2c(C3=CCCCC3)cccc2c1. The molecule has 1 atom stereocenters. The lowest BCUT2D eigenvalue weighted by molar-refractivity contribution is -0.175. The summed E-state index contributed by atoms with van der Waals surface area (Å²) in [6.07, 6.45) is 11.4. The second kappa shape index (κ2) is 19.2. The van der Waals surface area contributed by atoms with Gasteiger partial charge in [0.1, 0.15) is 0 Å². The van der Waals surface area contributed by atoms with E-state index in [1.54, 1.807) is 36.8 Å². The van der Waals surface area contributed by atoms with E-state index < -0.39 is 18.8 Å². The molecule has 2 aliphatic rings. The quantitative estimate of drug-likeness (QED) is 0.113. The van der Waals surface area contributed by atoms with Crippen molar-refractivity contribution >= 4 is 44.8 Å². The number of halogens is 6. The Bertz CT molecular complexity index is 2370. The first kappa shape index (κ1) is 41.3. The number of benzene rings is 2. The van der Waals surface area contributed by atoms with Crippen LogP contribution in [0.3, 0.4) is 0 Å². The van der Waals surface area contributed by atoms with Gasteiger partial charge in [-0.25, -0.2) is 0 Å². The number of hydrogen-bond acceptors (Lipinski definition) is 6. The molecule has 0 spiro atoms. The Kier molecular flexibility index (Phi) is 13.7. The monoisotopic (exact) mass is 802 g/mol. The van der Waals surface area contributed by atoms with Crippen LogP contribution in [0.15, 0.2) is 97.6 Å². The molecule has 302 valence electrons. The molecular formula is C42H40F6N8O2. The number of fused-ring (bicyclic) bond motifs is 2. The first-order valence-corrected chi connectivity index (χ1v) is 18.6. The lowest BCUT2D eigenvalue weighted by Crippen LogP contribution is -2.24. The lowest BCUT2D eigenvalue weighted by Gasteiger charge is -2.24. The second-order valence-corrected chi connectivity index (χ2v) is 13.7. The molecule has 8 rings (SSSR count). The largest absolute Gasteiger partial charge is 0.392 e. The number of aromatic nitrogens is 6. The van der Waals surface area contributed by atoms with Crippen LogP contribution < -0.4 is 10.6 Å². The van der Waals surface area contributed by atoms with Crippen LogP contribution in [0.25, 0.3) is 33.0 Å². The van der Waals surface area contributed by atoms with Gasteiger partial charge in [-0.1, -0.05) is 48.6 Å². The van der Waals surface area contributed by atoms with Crippen LogP contribution in [0.1, 0.15) is 88.2 Å². The van der Waals surface area contributed by atoms with Crippen molar-refractivity contribution in [3.05, 3.63) is 131 Å².